The number of hydrogen-bond acceptors (Lipinski definition) is 1. The molecular formula is C8H11ClO. The van der Waals surface area contributed by atoms with Crippen molar-refractivity contribution in [3.05, 3.63) is 11.1 Å². The highest BCUT2D eigenvalue weighted by molar-refractivity contribution is 6.29. The molecule has 0 bridgehead atoms. The summed E-state index contributed by atoms with van der Waals surface area (Å²) in [7, 11) is 0. The molecule has 2 heteroatoms. The Bertz CT molecular complexity index is 163. The third-order valence-corrected chi connectivity index (χ3v) is 2.33. The van der Waals surface area contributed by atoms with Crippen LogP contribution in [0.2, 0.25) is 0 Å². The van der Waals surface area contributed by atoms with Crippen molar-refractivity contribution in [2.24, 2.45) is 11.8 Å². The maximum atomic E-state index is 10.4. The van der Waals surface area contributed by atoms with Crippen LogP contribution in [0.5, 0.6) is 0 Å². The zero-order valence-electron chi connectivity index (χ0n) is 6.01. The van der Waals surface area contributed by atoms with Gasteiger partial charge in [0.15, 0.2) is 0 Å². The summed E-state index contributed by atoms with van der Waals surface area (Å²) in [6.07, 6.45) is 4.80. The first-order valence-corrected chi connectivity index (χ1v) is 3.93. The van der Waals surface area contributed by atoms with Crippen LogP contribution in [0.1, 0.15) is 19.8 Å². The maximum Gasteiger partial charge on any atom is 0.123 e. The summed E-state index contributed by atoms with van der Waals surface area (Å²) in [5, 5.41) is 0.908. The SMILES string of the molecule is CC1C=C(Cl)CCC1C=O. The summed E-state index contributed by atoms with van der Waals surface area (Å²) in [6.45, 7) is 2.03. The van der Waals surface area contributed by atoms with Gasteiger partial charge in [-0.3, -0.25) is 0 Å². The van der Waals surface area contributed by atoms with Gasteiger partial charge in [0.2, 0.25) is 0 Å². The largest absolute Gasteiger partial charge is 0.303 e. The van der Waals surface area contributed by atoms with Crippen LogP contribution in [0.25, 0.3) is 0 Å². The van der Waals surface area contributed by atoms with Gasteiger partial charge in [0.1, 0.15) is 6.29 Å². The van der Waals surface area contributed by atoms with E-state index in [1.54, 1.807) is 0 Å². The number of carbonyl (C=O) groups is 1. The highest BCUT2D eigenvalue weighted by Gasteiger charge is 2.19. The zero-order chi connectivity index (χ0) is 7.56. The van der Waals surface area contributed by atoms with Crippen molar-refractivity contribution >= 4 is 17.9 Å². The lowest BCUT2D eigenvalue weighted by Gasteiger charge is -2.20. The third-order valence-electron chi connectivity index (χ3n) is 2.01. The first-order chi connectivity index (χ1) is 4.74. The molecule has 56 valence electrons. The van der Waals surface area contributed by atoms with E-state index in [0.29, 0.717) is 5.92 Å². The molecule has 10 heavy (non-hydrogen) atoms. The number of hydrogen-bond donors (Lipinski definition) is 0. The Morgan fingerprint density at radius 2 is 2.50 bits per heavy atom. The first kappa shape index (κ1) is 7.80. The Hall–Kier alpha value is -0.300. The predicted molar refractivity (Wildman–Crippen MR) is 41.9 cm³/mol. The molecule has 0 aromatic carbocycles. The second kappa shape index (κ2) is 3.20. The molecule has 0 aromatic rings. The van der Waals surface area contributed by atoms with Crippen LogP contribution in [0, 0.1) is 11.8 Å². The zero-order valence-corrected chi connectivity index (χ0v) is 6.77. The summed E-state index contributed by atoms with van der Waals surface area (Å²) >= 11 is 5.78. The molecule has 0 amide bonds. The number of carbonyl (C=O) groups excluding carboxylic acids is 1. The molecule has 0 radical (unpaired) electrons. The van der Waals surface area contributed by atoms with Gasteiger partial charge in [-0.25, -0.2) is 0 Å². The van der Waals surface area contributed by atoms with Gasteiger partial charge in [0.25, 0.3) is 0 Å². The van der Waals surface area contributed by atoms with Crippen molar-refractivity contribution < 1.29 is 4.79 Å². The van der Waals surface area contributed by atoms with Gasteiger partial charge in [0, 0.05) is 11.0 Å². The Kier molecular flexibility index (Phi) is 2.50. The van der Waals surface area contributed by atoms with Crippen molar-refractivity contribution in [3.8, 4) is 0 Å². The van der Waals surface area contributed by atoms with E-state index < -0.39 is 0 Å². The molecule has 0 spiro atoms. The molecule has 2 unspecified atom stereocenters. The number of allylic oxidation sites excluding steroid dienone is 2. The monoisotopic (exact) mass is 158 g/mol. The van der Waals surface area contributed by atoms with Crippen LogP contribution in [0.15, 0.2) is 11.1 Å². The molecule has 0 aliphatic heterocycles. The quantitative estimate of drug-likeness (QED) is 0.536. The minimum Gasteiger partial charge on any atom is -0.303 e. The Balaban J connectivity index is 2.63. The molecule has 1 aliphatic rings. The summed E-state index contributed by atoms with van der Waals surface area (Å²) in [4.78, 5) is 10.4. The molecule has 1 nitrogen and oxygen atoms in total. The third kappa shape index (κ3) is 1.60. The van der Waals surface area contributed by atoms with Crippen LogP contribution >= 0.6 is 11.6 Å². The molecule has 0 saturated heterocycles. The van der Waals surface area contributed by atoms with Gasteiger partial charge in [-0.15, -0.1) is 0 Å². The van der Waals surface area contributed by atoms with Crippen molar-refractivity contribution in [2.45, 2.75) is 19.8 Å². The normalized spacial score (nSPS) is 33.2. The molecule has 0 aromatic heterocycles. The summed E-state index contributed by atoms with van der Waals surface area (Å²) in [5.74, 6) is 0.529. The number of halogens is 1. The van der Waals surface area contributed by atoms with Gasteiger partial charge >= 0.3 is 0 Å². The van der Waals surface area contributed by atoms with Gasteiger partial charge in [0.05, 0.1) is 0 Å². The van der Waals surface area contributed by atoms with Crippen LogP contribution in [-0.2, 0) is 4.79 Å². The average Bonchev–Trinajstić information content (AvgIpc) is 1.88. The molecule has 2 atom stereocenters. The molecule has 0 N–H and O–H groups in total. The van der Waals surface area contributed by atoms with Crippen LogP contribution in [0.4, 0.5) is 0 Å². The fourth-order valence-electron chi connectivity index (χ4n) is 1.25. The van der Waals surface area contributed by atoms with Gasteiger partial charge in [-0.05, 0) is 18.8 Å². The molecule has 0 heterocycles. The Morgan fingerprint density at radius 3 is 3.00 bits per heavy atom. The maximum absolute atomic E-state index is 10.4. The number of aldehydes is 1. The molecule has 0 fully saturated rings. The van der Waals surface area contributed by atoms with Crippen molar-refractivity contribution in [1.29, 1.82) is 0 Å². The Labute approximate surface area is 66.1 Å². The minimum absolute atomic E-state index is 0.197. The van der Waals surface area contributed by atoms with Gasteiger partial charge in [-0.2, -0.15) is 0 Å². The highest BCUT2D eigenvalue weighted by atomic mass is 35.5. The van der Waals surface area contributed by atoms with Gasteiger partial charge < -0.3 is 4.79 Å². The van der Waals surface area contributed by atoms with E-state index >= 15 is 0 Å². The molecule has 1 aliphatic carbocycles. The van der Waals surface area contributed by atoms with E-state index in [1.807, 2.05) is 13.0 Å². The lowest BCUT2D eigenvalue weighted by molar-refractivity contribution is -0.112. The summed E-state index contributed by atoms with van der Waals surface area (Å²) < 4.78 is 0. The molecule has 0 saturated carbocycles. The number of rotatable bonds is 1. The second-order valence-corrected chi connectivity index (χ2v) is 3.30. The van der Waals surface area contributed by atoms with Crippen molar-refractivity contribution in [2.75, 3.05) is 0 Å². The van der Waals surface area contributed by atoms with E-state index in [-0.39, 0.29) is 5.92 Å². The van der Waals surface area contributed by atoms with E-state index in [0.717, 1.165) is 24.2 Å². The van der Waals surface area contributed by atoms with Crippen molar-refractivity contribution in [3.63, 3.8) is 0 Å². The lowest BCUT2D eigenvalue weighted by atomic mass is 9.86. The van der Waals surface area contributed by atoms with Crippen molar-refractivity contribution in [1.82, 2.24) is 0 Å². The molecular weight excluding hydrogens is 148 g/mol. The van der Waals surface area contributed by atoms with Crippen LogP contribution in [0.3, 0.4) is 0 Å². The van der Waals surface area contributed by atoms with E-state index in [2.05, 4.69) is 0 Å². The standard InChI is InChI=1S/C8H11ClO/c1-6-4-8(9)3-2-7(6)5-10/h4-7H,2-3H2,1H3. The highest BCUT2D eigenvalue weighted by Crippen LogP contribution is 2.28. The lowest BCUT2D eigenvalue weighted by Crippen LogP contribution is -2.14. The summed E-state index contributed by atoms with van der Waals surface area (Å²) in [6, 6.07) is 0. The van der Waals surface area contributed by atoms with Crippen LogP contribution in [-0.4, -0.2) is 6.29 Å². The smallest absolute Gasteiger partial charge is 0.123 e. The Morgan fingerprint density at radius 1 is 1.80 bits per heavy atom. The second-order valence-electron chi connectivity index (χ2n) is 2.81. The fourth-order valence-corrected chi connectivity index (χ4v) is 1.56. The molecule has 1 rings (SSSR count). The minimum atomic E-state index is 0.197. The fraction of sp³-hybridized carbons (Fsp3) is 0.625. The topological polar surface area (TPSA) is 17.1 Å². The van der Waals surface area contributed by atoms with E-state index in [4.69, 9.17) is 11.6 Å². The van der Waals surface area contributed by atoms with E-state index in [9.17, 15) is 4.79 Å². The average molecular weight is 159 g/mol. The van der Waals surface area contributed by atoms with Crippen LogP contribution < -0.4 is 0 Å². The van der Waals surface area contributed by atoms with E-state index in [1.165, 1.54) is 0 Å². The predicted octanol–water partition coefficient (Wildman–Crippen LogP) is 2.35. The first-order valence-electron chi connectivity index (χ1n) is 3.55. The van der Waals surface area contributed by atoms with Gasteiger partial charge in [-0.1, -0.05) is 24.6 Å². The summed E-state index contributed by atoms with van der Waals surface area (Å²) in [5.41, 5.74) is 0.